The molecule has 1 aliphatic heterocycles. The zero-order valence-electron chi connectivity index (χ0n) is 10.2. The van der Waals surface area contributed by atoms with Crippen molar-refractivity contribution in [2.45, 2.75) is 43.7 Å². The lowest BCUT2D eigenvalue weighted by molar-refractivity contribution is -0.130. The molecule has 98 valence electrons. The molecule has 1 aromatic carbocycles. The second-order valence-corrected chi connectivity index (χ2v) is 6.26. The van der Waals surface area contributed by atoms with Crippen LogP contribution in [0.25, 0.3) is 0 Å². The molecule has 1 spiro atoms. The summed E-state index contributed by atoms with van der Waals surface area (Å²) in [6.45, 7) is 0.785. The van der Waals surface area contributed by atoms with E-state index in [0.29, 0.717) is 11.7 Å². The van der Waals surface area contributed by atoms with E-state index < -0.39 is 0 Å². The number of rotatable bonds is 2. The second-order valence-electron chi connectivity index (χ2n) is 5.34. The maximum atomic E-state index is 13.7. The minimum absolute atomic E-state index is 0.0956. The van der Waals surface area contributed by atoms with Gasteiger partial charge in [-0.15, -0.1) is 0 Å². The number of hydrogen-bond acceptors (Lipinski definition) is 2. The highest BCUT2D eigenvalue weighted by Crippen LogP contribution is 2.43. The maximum Gasteiger partial charge on any atom is 0.146 e. The van der Waals surface area contributed by atoms with Gasteiger partial charge in [0.25, 0.3) is 0 Å². The molecule has 1 unspecified atom stereocenters. The van der Waals surface area contributed by atoms with Crippen molar-refractivity contribution in [3.8, 4) is 0 Å². The SMILES string of the molecule is Fc1ccc(Br)cc1NC1CCOC2(CCC2)C1. The van der Waals surface area contributed by atoms with Crippen LogP contribution >= 0.6 is 15.9 Å². The van der Waals surface area contributed by atoms with Crippen molar-refractivity contribution >= 4 is 21.6 Å². The van der Waals surface area contributed by atoms with Crippen LogP contribution in [0.15, 0.2) is 22.7 Å². The zero-order chi connectivity index (χ0) is 12.6. The molecule has 3 rings (SSSR count). The molecular weight excluding hydrogens is 297 g/mol. The third-order valence-electron chi connectivity index (χ3n) is 4.05. The van der Waals surface area contributed by atoms with E-state index in [1.807, 2.05) is 0 Å². The van der Waals surface area contributed by atoms with Gasteiger partial charge in [0.15, 0.2) is 0 Å². The van der Waals surface area contributed by atoms with E-state index in [4.69, 9.17) is 4.74 Å². The monoisotopic (exact) mass is 313 g/mol. The Morgan fingerprint density at radius 2 is 2.22 bits per heavy atom. The predicted octanol–water partition coefficient (Wildman–Crippen LogP) is 4.10. The summed E-state index contributed by atoms with van der Waals surface area (Å²) in [6, 6.07) is 5.34. The zero-order valence-corrected chi connectivity index (χ0v) is 11.8. The molecule has 2 nitrogen and oxygen atoms in total. The number of halogens is 2. The number of hydrogen-bond donors (Lipinski definition) is 1. The third kappa shape index (κ3) is 2.41. The summed E-state index contributed by atoms with van der Waals surface area (Å²) in [7, 11) is 0. The van der Waals surface area contributed by atoms with E-state index in [1.54, 1.807) is 12.1 Å². The lowest BCUT2D eigenvalue weighted by atomic mass is 9.74. The molecule has 0 radical (unpaired) electrons. The minimum Gasteiger partial charge on any atom is -0.380 e. The lowest BCUT2D eigenvalue weighted by Crippen LogP contribution is -2.49. The molecular formula is C14H17BrFNO. The summed E-state index contributed by atoms with van der Waals surface area (Å²) in [5, 5.41) is 3.33. The van der Waals surface area contributed by atoms with Gasteiger partial charge in [0.05, 0.1) is 11.3 Å². The summed E-state index contributed by atoms with van der Waals surface area (Å²) in [5.74, 6) is -0.188. The van der Waals surface area contributed by atoms with E-state index in [9.17, 15) is 4.39 Å². The molecule has 0 aromatic heterocycles. The van der Waals surface area contributed by atoms with Gasteiger partial charge in [-0.3, -0.25) is 0 Å². The van der Waals surface area contributed by atoms with Gasteiger partial charge in [-0.1, -0.05) is 15.9 Å². The molecule has 1 heterocycles. The summed E-state index contributed by atoms with van der Waals surface area (Å²) in [4.78, 5) is 0. The Balaban J connectivity index is 1.70. The summed E-state index contributed by atoms with van der Waals surface area (Å²) in [5.41, 5.74) is 0.684. The molecule has 4 heteroatoms. The number of benzene rings is 1. The minimum atomic E-state index is -0.188. The molecule has 1 saturated carbocycles. The fourth-order valence-corrected chi connectivity index (χ4v) is 3.26. The summed E-state index contributed by atoms with van der Waals surface area (Å²) >= 11 is 3.38. The fourth-order valence-electron chi connectivity index (χ4n) is 2.90. The Morgan fingerprint density at radius 3 is 2.94 bits per heavy atom. The molecule has 1 aliphatic carbocycles. The number of ether oxygens (including phenoxy) is 1. The van der Waals surface area contributed by atoms with Gasteiger partial charge in [-0.2, -0.15) is 0 Å². The Bertz CT molecular complexity index is 447. The van der Waals surface area contributed by atoms with Crippen LogP contribution in [0, 0.1) is 5.82 Å². The number of nitrogens with one attached hydrogen (secondary N) is 1. The average Bonchev–Trinajstić information content (AvgIpc) is 2.32. The van der Waals surface area contributed by atoms with Crippen LogP contribution in [0.2, 0.25) is 0 Å². The van der Waals surface area contributed by atoms with E-state index in [2.05, 4.69) is 21.2 Å². The van der Waals surface area contributed by atoms with Crippen LogP contribution < -0.4 is 5.32 Å². The van der Waals surface area contributed by atoms with Crippen molar-refractivity contribution in [2.24, 2.45) is 0 Å². The third-order valence-corrected chi connectivity index (χ3v) is 4.54. The van der Waals surface area contributed by atoms with Gasteiger partial charge in [0.2, 0.25) is 0 Å². The van der Waals surface area contributed by atoms with Crippen LogP contribution in [0.4, 0.5) is 10.1 Å². The van der Waals surface area contributed by atoms with E-state index in [1.165, 1.54) is 12.5 Å². The lowest BCUT2D eigenvalue weighted by Gasteiger charge is -2.47. The molecule has 1 N–H and O–H groups in total. The van der Waals surface area contributed by atoms with Crippen molar-refractivity contribution in [1.29, 1.82) is 0 Å². The van der Waals surface area contributed by atoms with Crippen LogP contribution in [0.3, 0.4) is 0 Å². The Kier molecular flexibility index (Phi) is 3.32. The topological polar surface area (TPSA) is 21.3 Å². The molecule has 2 aliphatic rings. The van der Waals surface area contributed by atoms with Crippen LogP contribution in [0.1, 0.15) is 32.1 Å². The Labute approximate surface area is 115 Å². The first-order valence-electron chi connectivity index (χ1n) is 6.52. The van der Waals surface area contributed by atoms with Crippen molar-refractivity contribution < 1.29 is 9.13 Å². The van der Waals surface area contributed by atoms with Gasteiger partial charge in [-0.25, -0.2) is 4.39 Å². The van der Waals surface area contributed by atoms with Gasteiger partial charge in [0, 0.05) is 17.1 Å². The van der Waals surface area contributed by atoms with Gasteiger partial charge in [-0.05, 0) is 50.3 Å². The van der Waals surface area contributed by atoms with Gasteiger partial charge < -0.3 is 10.1 Å². The summed E-state index contributed by atoms with van der Waals surface area (Å²) in [6.07, 6.45) is 5.53. The first-order chi connectivity index (χ1) is 8.67. The predicted molar refractivity (Wildman–Crippen MR) is 73.3 cm³/mol. The molecule has 2 fully saturated rings. The summed E-state index contributed by atoms with van der Waals surface area (Å²) < 4.78 is 20.5. The highest BCUT2D eigenvalue weighted by atomic mass is 79.9. The van der Waals surface area contributed by atoms with E-state index in [-0.39, 0.29) is 11.4 Å². The standard InChI is InChI=1S/C14H17BrFNO/c15-10-2-3-12(16)13(8-10)17-11-4-7-18-14(9-11)5-1-6-14/h2-3,8,11,17H,1,4-7,9H2. The van der Waals surface area contributed by atoms with Gasteiger partial charge in [0.1, 0.15) is 5.82 Å². The van der Waals surface area contributed by atoms with Gasteiger partial charge >= 0.3 is 0 Å². The molecule has 18 heavy (non-hydrogen) atoms. The highest BCUT2D eigenvalue weighted by Gasteiger charge is 2.42. The van der Waals surface area contributed by atoms with Crippen LogP contribution in [-0.2, 0) is 4.74 Å². The quantitative estimate of drug-likeness (QED) is 0.887. The van der Waals surface area contributed by atoms with Crippen molar-refractivity contribution in [3.63, 3.8) is 0 Å². The molecule has 0 bridgehead atoms. The van der Waals surface area contributed by atoms with Crippen molar-refractivity contribution in [2.75, 3.05) is 11.9 Å². The molecule has 0 amide bonds. The fraction of sp³-hybridized carbons (Fsp3) is 0.571. The van der Waals surface area contributed by atoms with Crippen LogP contribution in [0.5, 0.6) is 0 Å². The van der Waals surface area contributed by atoms with E-state index in [0.717, 1.165) is 36.8 Å². The Hall–Kier alpha value is -0.610. The van der Waals surface area contributed by atoms with Crippen molar-refractivity contribution in [1.82, 2.24) is 0 Å². The number of anilines is 1. The Morgan fingerprint density at radius 1 is 1.39 bits per heavy atom. The first kappa shape index (κ1) is 12.4. The molecule has 1 saturated heterocycles. The van der Waals surface area contributed by atoms with Crippen molar-refractivity contribution in [3.05, 3.63) is 28.5 Å². The largest absolute Gasteiger partial charge is 0.380 e. The maximum absolute atomic E-state index is 13.7. The van der Waals surface area contributed by atoms with E-state index >= 15 is 0 Å². The smallest absolute Gasteiger partial charge is 0.146 e. The molecule has 1 aromatic rings. The molecule has 1 atom stereocenters. The second kappa shape index (κ2) is 4.82. The van der Waals surface area contributed by atoms with Crippen LogP contribution in [-0.4, -0.2) is 18.2 Å². The highest BCUT2D eigenvalue weighted by molar-refractivity contribution is 9.10. The first-order valence-corrected chi connectivity index (χ1v) is 7.32. The normalized spacial score (nSPS) is 25.8. The average molecular weight is 314 g/mol.